The molecule has 5 heteroatoms. The molecule has 0 saturated heterocycles. The molecule has 90 valence electrons. The smallest absolute Gasteiger partial charge is 0.183 e. The van der Waals surface area contributed by atoms with Crippen LogP contribution in [-0.2, 0) is 0 Å². The Bertz CT molecular complexity index is 513. The quantitative estimate of drug-likeness (QED) is 0.848. The van der Waals surface area contributed by atoms with Crippen LogP contribution in [0.4, 0.5) is 5.13 Å². The van der Waals surface area contributed by atoms with E-state index in [2.05, 4.69) is 33.2 Å². The van der Waals surface area contributed by atoms with Gasteiger partial charge in [0, 0.05) is 22.8 Å². The van der Waals surface area contributed by atoms with E-state index in [1.165, 1.54) is 0 Å². The second kappa shape index (κ2) is 5.85. The zero-order valence-corrected chi connectivity index (χ0v) is 12.5. The molecule has 1 heterocycles. The molecular weight excluding hydrogens is 320 g/mol. The Labute approximate surface area is 118 Å². The molecule has 2 aromatic rings. The molecule has 0 amide bonds. The molecule has 2 rings (SSSR count). The summed E-state index contributed by atoms with van der Waals surface area (Å²) in [6.45, 7) is 3.08. The summed E-state index contributed by atoms with van der Waals surface area (Å²) in [5.41, 5.74) is 1.02. The van der Waals surface area contributed by atoms with Crippen LogP contribution < -0.4 is 5.32 Å². The first-order valence-corrected chi connectivity index (χ1v) is 7.34. The average molecular weight is 332 g/mol. The van der Waals surface area contributed by atoms with Crippen LogP contribution in [0.2, 0.25) is 5.02 Å². The number of halogens is 2. The molecule has 0 radical (unpaired) electrons. The third kappa shape index (κ3) is 3.21. The summed E-state index contributed by atoms with van der Waals surface area (Å²) in [5, 5.41) is 4.96. The van der Waals surface area contributed by atoms with Gasteiger partial charge in [0.15, 0.2) is 5.13 Å². The van der Waals surface area contributed by atoms with E-state index in [0.29, 0.717) is 0 Å². The van der Waals surface area contributed by atoms with Crippen molar-refractivity contribution in [1.29, 1.82) is 0 Å². The molecule has 0 fully saturated rings. The maximum Gasteiger partial charge on any atom is 0.183 e. The second-order valence-corrected chi connectivity index (χ2v) is 5.93. The molecule has 0 saturated carbocycles. The van der Waals surface area contributed by atoms with E-state index in [-0.39, 0.29) is 0 Å². The molecular formula is C12H12BrClN2S. The summed E-state index contributed by atoms with van der Waals surface area (Å²) in [7, 11) is 0. The van der Waals surface area contributed by atoms with Gasteiger partial charge in [0.25, 0.3) is 0 Å². The highest BCUT2D eigenvalue weighted by Crippen LogP contribution is 2.35. The summed E-state index contributed by atoms with van der Waals surface area (Å²) in [5.74, 6) is 0. The van der Waals surface area contributed by atoms with Gasteiger partial charge in [-0.15, -0.1) is 0 Å². The highest BCUT2D eigenvalue weighted by Gasteiger charge is 2.08. The van der Waals surface area contributed by atoms with Crippen molar-refractivity contribution >= 4 is 44.0 Å². The Morgan fingerprint density at radius 1 is 1.47 bits per heavy atom. The molecule has 0 unspecified atom stereocenters. The molecule has 1 aromatic heterocycles. The van der Waals surface area contributed by atoms with Crippen LogP contribution in [0.3, 0.4) is 0 Å². The van der Waals surface area contributed by atoms with Crippen LogP contribution in [0, 0.1) is 0 Å². The van der Waals surface area contributed by atoms with E-state index in [1.54, 1.807) is 11.3 Å². The Morgan fingerprint density at radius 2 is 2.29 bits per heavy atom. The maximum absolute atomic E-state index is 6.21. The number of rotatable bonds is 4. The first kappa shape index (κ1) is 12.9. The third-order valence-corrected chi connectivity index (χ3v) is 4.02. The van der Waals surface area contributed by atoms with Crippen molar-refractivity contribution in [2.75, 3.05) is 11.9 Å². The summed E-state index contributed by atoms with van der Waals surface area (Å²) in [6, 6.07) is 5.89. The number of nitrogens with one attached hydrogen (secondary N) is 1. The number of nitrogens with zero attached hydrogens (tertiary/aromatic N) is 1. The molecule has 2 nitrogen and oxygen atoms in total. The van der Waals surface area contributed by atoms with Gasteiger partial charge in [0.2, 0.25) is 0 Å². The Hall–Kier alpha value is -0.580. The number of thiazole rings is 1. The highest BCUT2D eigenvalue weighted by atomic mass is 79.9. The summed E-state index contributed by atoms with van der Waals surface area (Å²) < 4.78 is 0.986. The Kier molecular flexibility index (Phi) is 4.42. The van der Waals surface area contributed by atoms with E-state index in [9.17, 15) is 0 Å². The minimum Gasteiger partial charge on any atom is -0.362 e. The first-order valence-electron chi connectivity index (χ1n) is 5.36. The lowest BCUT2D eigenvalue weighted by atomic mass is 10.2. The fourth-order valence-electron chi connectivity index (χ4n) is 1.40. The van der Waals surface area contributed by atoms with Crippen molar-refractivity contribution in [3.8, 4) is 10.4 Å². The standard InChI is InChI=1S/C12H12BrClN2S/c1-2-5-15-12-16-7-11(17-12)9-4-3-8(13)6-10(9)14/h3-4,6-7H,2,5H2,1H3,(H,15,16). The molecule has 1 N–H and O–H groups in total. The molecule has 0 atom stereocenters. The second-order valence-electron chi connectivity index (χ2n) is 3.58. The van der Waals surface area contributed by atoms with Crippen molar-refractivity contribution in [2.24, 2.45) is 0 Å². The first-order chi connectivity index (χ1) is 8.20. The Balaban J connectivity index is 2.24. The molecule has 17 heavy (non-hydrogen) atoms. The monoisotopic (exact) mass is 330 g/mol. The zero-order valence-electron chi connectivity index (χ0n) is 9.34. The minimum absolute atomic E-state index is 0.741. The predicted molar refractivity (Wildman–Crippen MR) is 79.0 cm³/mol. The van der Waals surface area contributed by atoms with Gasteiger partial charge in [-0.1, -0.05) is 51.9 Å². The number of hydrogen-bond acceptors (Lipinski definition) is 3. The van der Waals surface area contributed by atoms with Crippen molar-refractivity contribution in [3.05, 3.63) is 33.9 Å². The molecule has 0 aliphatic rings. The van der Waals surface area contributed by atoms with Gasteiger partial charge in [-0.25, -0.2) is 4.98 Å². The fraction of sp³-hybridized carbons (Fsp3) is 0.250. The predicted octanol–water partition coefficient (Wildman–Crippen LogP) is 5.05. The lowest BCUT2D eigenvalue weighted by Crippen LogP contribution is -1.97. The van der Waals surface area contributed by atoms with E-state index < -0.39 is 0 Å². The van der Waals surface area contributed by atoms with Gasteiger partial charge in [0.05, 0.1) is 9.90 Å². The van der Waals surface area contributed by atoms with E-state index >= 15 is 0 Å². The lowest BCUT2D eigenvalue weighted by molar-refractivity contribution is 0.976. The number of hydrogen-bond donors (Lipinski definition) is 1. The largest absolute Gasteiger partial charge is 0.362 e. The zero-order chi connectivity index (χ0) is 12.3. The molecule has 0 aliphatic heterocycles. The Morgan fingerprint density at radius 3 is 3.00 bits per heavy atom. The van der Waals surface area contributed by atoms with E-state index in [0.717, 1.165) is 38.0 Å². The lowest BCUT2D eigenvalue weighted by Gasteiger charge is -2.01. The van der Waals surface area contributed by atoms with Gasteiger partial charge < -0.3 is 5.32 Å². The number of anilines is 1. The van der Waals surface area contributed by atoms with Crippen LogP contribution in [-0.4, -0.2) is 11.5 Å². The van der Waals surface area contributed by atoms with Crippen LogP contribution in [0.1, 0.15) is 13.3 Å². The van der Waals surface area contributed by atoms with Crippen LogP contribution in [0.5, 0.6) is 0 Å². The van der Waals surface area contributed by atoms with Crippen molar-refractivity contribution in [3.63, 3.8) is 0 Å². The maximum atomic E-state index is 6.21. The summed E-state index contributed by atoms with van der Waals surface area (Å²) >= 11 is 11.2. The van der Waals surface area contributed by atoms with E-state index in [4.69, 9.17) is 11.6 Å². The van der Waals surface area contributed by atoms with Gasteiger partial charge in [-0.05, 0) is 18.6 Å². The van der Waals surface area contributed by atoms with Gasteiger partial charge in [-0.2, -0.15) is 0 Å². The van der Waals surface area contributed by atoms with Crippen molar-refractivity contribution in [2.45, 2.75) is 13.3 Å². The molecule has 0 spiro atoms. The number of aromatic nitrogens is 1. The van der Waals surface area contributed by atoms with Crippen molar-refractivity contribution < 1.29 is 0 Å². The topological polar surface area (TPSA) is 24.9 Å². The SMILES string of the molecule is CCCNc1ncc(-c2ccc(Br)cc2Cl)s1. The van der Waals surface area contributed by atoms with Crippen LogP contribution in [0.15, 0.2) is 28.9 Å². The summed E-state index contributed by atoms with van der Waals surface area (Å²) in [6.07, 6.45) is 2.95. The molecule has 1 aromatic carbocycles. The van der Waals surface area contributed by atoms with Gasteiger partial charge in [-0.3, -0.25) is 0 Å². The van der Waals surface area contributed by atoms with E-state index in [1.807, 2.05) is 24.4 Å². The van der Waals surface area contributed by atoms with Gasteiger partial charge >= 0.3 is 0 Å². The van der Waals surface area contributed by atoms with Crippen LogP contribution in [0.25, 0.3) is 10.4 Å². The third-order valence-electron chi connectivity index (χ3n) is 2.23. The van der Waals surface area contributed by atoms with Gasteiger partial charge in [0.1, 0.15) is 0 Å². The van der Waals surface area contributed by atoms with Crippen molar-refractivity contribution in [1.82, 2.24) is 4.98 Å². The highest BCUT2D eigenvalue weighted by molar-refractivity contribution is 9.10. The fourth-order valence-corrected chi connectivity index (χ4v) is 3.11. The van der Waals surface area contributed by atoms with Crippen LogP contribution >= 0.6 is 38.9 Å². The average Bonchev–Trinajstić information content (AvgIpc) is 2.75. The normalized spacial score (nSPS) is 10.5. The number of benzene rings is 1. The molecule has 0 bridgehead atoms. The molecule has 0 aliphatic carbocycles. The summed E-state index contributed by atoms with van der Waals surface area (Å²) in [4.78, 5) is 5.42. The minimum atomic E-state index is 0.741.